The van der Waals surface area contributed by atoms with Crippen LogP contribution in [0.5, 0.6) is 0 Å². The SMILES string of the molecule is CCN(CCCC(C)(C)CCN)Cc1ccccc1. The first-order chi connectivity index (χ1) is 9.07. The van der Waals surface area contributed by atoms with Crippen LogP contribution in [0.3, 0.4) is 0 Å². The average Bonchev–Trinajstić information content (AvgIpc) is 2.38. The molecule has 0 aliphatic rings. The van der Waals surface area contributed by atoms with Crippen LogP contribution in [0.4, 0.5) is 0 Å². The lowest BCUT2D eigenvalue weighted by molar-refractivity contribution is 0.237. The fourth-order valence-corrected chi connectivity index (χ4v) is 2.49. The molecule has 0 aliphatic heterocycles. The van der Waals surface area contributed by atoms with Crippen LogP contribution >= 0.6 is 0 Å². The average molecular weight is 262 g/mol. The van der Waals surface area contributed by atoms with Gasteiger partial charge in [-0.05, 0) is 49.9 Å². The van der Waals surface area contributed by atoms with E-state index in [-0.39, 0.29) is 0 Å². The van der Waals surface area contributed by atoms with E-state index in [1.807, 2.05) is 0 Å². The van der Waals surface area contributed by atoms with E-state index < -0.39 is 0 Å². The molecule has 0 aromatic heterocycles. The van der Waals surface area contributed by atoms with Crippen molar-refractivity contribution in [2.24, 2.45) is 11.1 Å². The van der Waals surface area contributed by atoms with Crippen LogP contribution in [-0.2, 0) is 6.54 Å². The van der Waals surface area contributed by atoms with Crippen molar-refractivity contribution in [1.82, 2.24) is 4.90 Å². The lowest BCUT2D eigenvalue weighted by atomic mass is 9.84. The summed E-state index contributed by atoms with van der Waals surface area (Å²) in [6.07, 6.45) is 3.64. The molecule has 19 heavy (non-hydrogen) atoms. The molecular weight excluding hydrogens is 232 g/mol. The zero-order chi connectivity index (χ0) is 14.1. The second-order valence-corrected chi connectivity index (χ2v) is 6.16. The maximum absolute atomic E-state index is 5.66. The van der Waals surface area contributed by atoms with E-state index >= 15 is 0 Å². The summed E-state index contributed by atoms with van der Waals surface area (Å²) in [4.78, 5) is 2.52. The Morgan fingerprint density at radius 2 is 1.79 bits per heavy atom. The van der Waals surface area contributed by atoms with Crippen LogP contribution in [0.15, 0.2) is 30.3 Å². The van der Waals surface area contributed by atoms with Gasteiger partial charge in [-0.1, -0.05) is 51.1 Å². The highest BCUT2D eigenvalue weighted by molar-refractivity contribution is 5.14. The third kappa shape index (κ3) is 6.74. The van der Waals surface area contributed by atoms with Gasteiger partial charge < -0.3 is 5.73 Å². The largest absolute Gasteiger partial charge is 0.330 e. The van der Waals surface area contributed by atoms with Gasteiger partial charge in [0.05, 0.1) is 0 Å². The van der Waals surface area contributed by atoms with Gasteiger partial charge in [0.2, 0.25) is 0 Å². The minimum Gasteiger partial charge on any atom is -0.330 e. The third-order valence-electron chi connectivity index (χ3n) is 3.85. The predicted octanol–water partition coefficient (Wildman–Crippen LogP) is 3.66. The van der Waals surface area contributed by atoms with Crippen LogP contribution < -0.4 is 5.73 Å². The number of nitrogens with two attached hydrogens (primary N) is 1. The molecule has 0 radical (unpaired) electrons. The number of benzene rings is 1. The van der Waals surface area contributed by atoms with Crippen molar-refractivity contribution in [3.63, 3.8) is 0 Å². The number of hydrogen-bond donors (Lipinski definition) is 1. The molecule has 1 aromatic carbocycles. The lowest BCUT2D eigenvalue weighted by Crippen LogP contribution is -2.26. The first-order valence-electron chi connectivity index (χ1n) is 7.54. The summed E-state index contributed by atoms with van der Waals surface area (Å²) in [5, 5.41) is 0. The topological polar surface area (TPSA) is 29.3 Å². The number of hydrogen-bond acceptors (Lipinski definition) is 2. The summed E-state index contributed by atoms with van der Waals surface area (Å²) >= 11 is 0. The van der Waals surface area contributed by atoms with Gasteiger partial charge in [-0.3, -0.25) is 4.90 Å². The normalized spacial score (nSPS) is 12.1. The van der Waals surface area contributed by atoms with Crippen LogP contribution in [0, 0.1) is 5.41 Å². The van der Waals surface area contributed by atoms with Gasteiger partial charge >= 0.3 is 0 Å². The van der Waals surface area contributed by atoms with Crippen molar-refractivity contribution in [3.05, 3.63) is 35.9 Å². The summed E-state index contributed by atoms with van der Waals surface area (Å²) < 4.78 is 0. The Hall–Kier alpha value is -0.860. The molecule has 0 amide bonds. The Bertz CT molecular complexity index is 332. The Labute approximate surface area is 119 Å². The molecule has 0 bridgehead atoms. The summed E-state index contributed by atoms with van der Waals surface area (Å²) in [6, 6.07) is 10.7. The van der Waals surface area contributed by atoms with Gasteiger partial charge in [0.15, 0.2) is 0 Å². The minimum absolute atomic E-state index is 0.390. The third-order valence-corrected chi connectivity index (χ3v) is 3.85. The number of rotatable bonds is 9. The van der Waals surface area contributed by atoms with Gasteiger partial charge in [0.25, 0.3) is 0 Å². The zero-order valence-electron chi connectivity index (χ0n) is 12.9. The zero-order valence-corrected chi connectivity index (χ0v) is 12.9. The van der Waals surface area contributed by atoms with E-state index in [9.17, 15) is 0 Å². The van der Waals surface area contributed by atoms with Crippen LogP contribution in [0.25, 0.3) is 0 Å². The molecule has 0 atom stereocenters. The molecule has 0 saturated heterocycles. The van der Waals surface area contributed by atoms with E-state index in [2.05, 4.69) is 56.0 Å². The van der Waals surface area contributed by atoms with Crippen molar-refractivity contribution >= 4 is 0 Å². The van der Waals surface area contributed by atoms with Crippen LogP contribution in [0.1, 0.15) is 45.6 Å². The van der Waals surface area contributed by atoms with Crippen molar-refractivity contribution < 1.29 is 0 Å². The minimum atomic E-state index is 0.390. The molecule has 2 N–H and O–H groups in total. The Morgan fingerprint density at radius 3 is 2.37 bits per heavy atom. The second-order valence-electron chi connectivity index (χ2n) is 6.16. The Morgan fingerprint density at radius 1 is 1.11 bits per heavy atom. The molecule has 108 valence electrons. The quantitative estimate of drug-likeness (QED) is 0.736. The van der Waals surface area contributed by atoms with Gasteiger partial charge in [0, 0.05) is 6.54 Å². The highest BCUT2D eigenvalue weighted by atomic mass is 15.1. The van der Waals surface area contributed by atoms with Crippen molar-refractivity contribution in [1.29, 1.82) is 0 Å². The van der Waals surface area contributed by atoms with E-state index in [0.29, 0.717) is 5.41 Å². The molecule has 2 nitrogen and oxygen atoms in total. The molecule has 1 rings (SSSR count). The van der Waals surface area contributed by atoms with Gasteiger partial charge in [0.1, 0.15) is 0 Å². The van der Waals surface area contributed by atoms with Gasteiger partial charge in [-0.2, -0.15) is 0 Å². The molecule has 0 fully saturated rings. The summed E-state index contributed by atoms with van der Waals surface area (Å²) in [6.45, 7) is 11.1. The Kier molecular flexibility index (Phi) is 7.11. The Balaban J connectivity index is 2.33. The molecule has 0 spiro atoms. The van der Waals surface area contributed by atoms with Gasteiger partial charge in [-0.15, -0.1) is 0 Å². The molecular formula is C17H30N2. The predicted molar refractivity (Wildman–Crippen MR) is 84.1 cm³/mol. The van der Waals surface area contributed by atoms with E-state index in [1.54, 1.807) is 0 Å². The summed E-state index contributed by atoms with van der Waals surface area (Å²) in [5.41, 5.74) is 7.46. The molecule has 0 unspecified atom stereocenters. The highest BCUT2D eigenvalue weighted by Crippen LogP contribution is 2.26. The molecule has 0 aliphatic carbocycles. The van der Waals surface area contributed by atoms with Gasteiger partial charge in [-0.25, -0.2) is 0 Å². The number of nitrogens with zero attached hydrogens (tertiary/aromatic N) is 1. The lowest BCUT2D eigenvalue weighted by Gasteiger charge is -2.26. The van der Waals surface area contributed by atoms with Crippen LogP contribution in [-0.4, -0.2) is 24.5 Å². The van der Waals surface area contributed by atoms with Crippen molar-refractivity contribution in [3.8, 4) is 0 Å². The monoisotopic (exact) mass is 262 g/mol. The first kappa shape index (κ1) is 16.2. The van der Waals surface area contributed by atoms with Crippen molar-refractivity contribution in [2.45, 2.75) is 46.6 Å². The fraction of sp³-hybridized carbons (Fsp3) is 0.647. The van der Waals surface area contributed by atoms with E-state index in [4.69, 9.17) is 5.73 Å². The smallest absolute Gasteiger partial charge is 0.0233 e. The first-order valence-corrected chi connectivity index (χ1v) is 7.54. The molecule has 0 saturated carbocycles. The molecule has 1 aromatic rings. The summed E-state index contributed by atoms with van der Waals surface area (Å²) in [7, 11) is 0. The van der Waals surface area contributed by atoms with Crippen LogP contribution in [0.2, 0.25) is 0 Å². The maximum Gasteiger partial charge on any atom is 0.0233 e. The standard InChI is InChI=1S/C17H30N2/c1-4-19(15-16-9-6-5-7-10-16)14-8-11-17(2,3)12-13-18/h5-7,9-10H,4,8,11-15,18H2,1-3H3. The maximum atomic E-state index is 5.66. The second kappa shape index (κ2) is 8.34. The summed E-state index contributed by atoms with van der Waals surface area (Å²) in [5.74, 6) is 0. The molecule has 2 heteroatoms. The fourth-order valence-electron chi connectivity index (χ4n) is 2.49. The van der Waals surface area contributed by atoms with Crippen molar-refractivity contribution in [2.75, 3.05) is 19.6 Å². The van der Waals surface area contributed by atoms with E-state index in [1.165, 1.54) is 24.9 Å². The highest BCUT2D eigenvalue weighted by Gasteiger charge is 2.16. The molecule has 0 heterocycles. The van der Waals surface area contributed by atoms with E-state index in [0.717, 1.165) is 26.1 Å².